The average Bonchev–Trinajstić information content (AvgIpc) is 3.34. The van der Waals surface area contributed by atoms with Gasteiger partial charge in [-0.25, -0.2) is 0 Å². The van der Waals surface area contributed by atoms with Crippen LogP contribution in [-0.4, -0.2) is 37.2 Å². The van der Waals surface area contributed by atoms with Gasteiger partial charge in [0, 0.05) is 19.3 Å². The Hall–Kier alpha value is -1.59. The van der Waals surface area contributed by atoms with Crippen molar-refractivity contribution in [2.24, 2.45) is 17.8 Å². The van der Waals surface area contributed by atoms with Gasteiger partial charge in [0.2, 0.25) is 0 Å². The van der Waals surface area contributed by atoms with Crippen LogP contribution in [0.3, 0.4) is 0 Å². The summed E-state index contributed by atoms with van der Waals surface area (Å²) in [5.74, 6) is 1.69. The van der Waals surface area contributed by atoms with Gasteiger partial charge in [-0.3, -0.25) is 14.4 Å². The first-order valence-electron chi connectivity index (χ1n) is 32.6. The molecule has 0 N–H and O–H groups in total. The minimum Gasteiger partial charge on any atom is -0.462 e. The molecule has 0 saturated heterocycles. The van der Waals surface area contributed by atoms with Crippen molar-refractivity contribution >= 4 is 17.9 Å². The Labute approximate surface area is 450 Å². The maximum atomic E-state index is 12.9. The number of ether oxygens (including phenoxy) is 3. The zero-order chi connectivity index (χ0) is 52.6. The number of carbonyl (C=O) groups is 3. The molecule has 0 aliphatic heterocycles. The van der Waals surface area contributed by atoms with Crippen molar-refractivity contribution in [2.45, 2.75) is 375 Å². The molecule has 0 bridgehead atoms. The number of carbonyl (C=O) groups excluding carboxylic acids is 3. The van der Waals surface area contributed by atoms with E-state index < -0.39 is 6.10 Å². The summed E-state index contributed by atoms with van der Waals surface area (Å²) in [5, 5.41) is 0. The third-order valence-corrected chi connectivity index (χ3v) is 15.1. The van der Waals surface area contributed by atoms with Crippen LogP contribution in [-0.2, 0) is 28.6 Å². The van der Waals surface area contributed by atoms with Gasteiger partial charge in [-0.1, -0.05) is 330 Å². The van der Waals surface area contributed by atoms with Crippen molar-refractivity contribution in [1.29, 1.82) is 0 Å². The molecule has 0 spiro atoms. The first-order chi connectivity index (χ1) is 35.1. The van der Waals surface area contributed by atoms with Crippen LogP contribution in [0.5, 0.6) is 0 Å². The van der Waals surface area contributed by atoms with Gasteiger partial charge in [0.05, 0.1) is 0 Å². The topological polar surface area (TPSA) is 78.9 Å². The van der Waals surface area contributed by atoms with Gasteiger partial charge in [-0.15, -0.1) is 0 Å². The van der Waals surface area contributed by atoms with E-state index in [4.69, 9.17) is 14.2 Å². The molecule has 0 radical (unpaired) electrons. The third kappa shape index (κ3) is 59.3. The number of hydrogen-bond donors (Lipinski definition) is 0. The van der Waals surface area contributed by atoms with Crippen LogP contribution in [0.25, 0.3) is 0 Å². The highest BCUT2D eigenvalue weighted by Gasteiger charge is 2.19. The molecule has 0 rings (SSSR count). The molecule has 0 saturated carbocycles. The standard InChI is InChI=1S/C66H128O6/c1-60(2)52-46-40-34-28-23-19-15-11-7-9-13-17-21-25-31-37-43-49-55-64(67)70-58-63(59-71-65(68)56-50-44-38-33-27-30-36-42-48-54-62(5)6)72-66(69)57-51-45-39-32-26-22-18-14-10-8-12-16-20-24-29-35-41-47-53-61(3)4/h60-63H,7-59H2,1-6H3/t63-/m0/s1. The highest BCUT2D eigenvalue weighted by atomic mass is 16.6. The van der Waals surface area contributed by atoms with Gasteiger partial charge in [-0.05, 0) is 37.0 Å². The molecule has 0 amide bonds. The molecule has 0 heterocycles. The molecule has 6 heteroatoms. The normalized spacial score (nSPS) is 12.1. The second-order valence-electron chi connectivity index (χ2n) is 24.2. The first-order valence-corrected chi connectivity index (χ1v) is 32.6. The molecule has 0 unspecified atom stereocenters. The van der Waals surface area contributed by atoms with E-state index in [-0.39, 0.29) is 31.1 Å². The van der Waals surface area contributed by atoms with Crippen molar-refractivity contribution in [1.82, 2.24) is 0 Å². The minimum atomic E-state index is -0.765. The Bertz CT molecular complexity index is 1120. The van der Waals surface area contributed by atoms with Crippen LogP contribution >= 0.6 is 0 Å². The third-order valence-electron chi connectivity index (χ3n) is 15.1. The summed E-state index contributed by atoms with van der Waals surface area (Å²) in [4.78, 5) is 38.3. The van der Waals surface area contributed by atoms with E-state index in [1.165, 1.54) is 250 Å². The lowest BCUT2D eigenvalue weighted by atomic mass is 10.0. The SMILES string of the molecule is CC(C)CCCCCCCCCCCCCCCCCCCCC(=O)OC[C@@H](COC(=O)CCCCCCCCCCCC(C)C)OC(=O)CCCCCCCCCCCCCCCCCCCCC(C)C. The molecule has 0 aliphatic rings. The Balaban J connectivity index is 4.22. The van der Waals surface area contributed by atoms with Gasteiger partial charge >= 0.3 is 17.9 Å². The molecular formula is C66H128O6. The summed E-state index contributed by atoms with van der Waals surface area (Å²) in [6.45, 7) is 13.8. The van der Waals surface area contributed by atoms with Crippen molar-refractivity contribution in [3.05, 3.63) is 0 Å². The monoisotopic (exact) mass is 1020 g/mol. The van der Waals surface area contributed by atoms with Crippen LogP contribution in [0.4, 0.5) is 0 Å². The van der Waals surface area contributed by atoms with Crippen LogP contribution in [0, 0.1) is 17.8 Å². The second kappa shape index (κ2) is 57.1. The van der Waals surface area contributed by atoms with Crippen molar-refractivity contribution < 1.29 is 28.6 Å². The van der Waals surface area contributed by atoms with Gasteiger partial charge in [-0.2, -0.15) is 0 Å². The van der Waals surface area contributed by atoms with Crippen LogP contribution in [0.1, 0.15) is 369 Å². The average molecular weight is 1020 g/mol. The van der Waals surface area contributed by atoms with Crippen molar-refractivity contribution in [3.63, 3.8) is 0 Å². The van der Waals surface area contributed by atoms with Crippen molar-refractivity contribution in [3.8, 4) is 0 Å². The van der Waals surface area contributed by atoms with E-state index in [1.807, 2.05) is 0 Å². The first kappa shape index (κ1) is 70.4. The maximum absolute atomic E-state index is 12.9. The lowest BCUT2D eigenvalue weighted by Gasteiger charge is -2.18. The summed E-state index contributed by atoms with van der Waals surface area (Å²) < 4.78 is 17.0. The quantitative estimate of drug-likeness (QED) is 0.0343. The van der Waals surface area contributed by atoms with Crippen LogP contribution < -0.4 is 0 Å². The van der Waals surface area contributed by atoms with Gasteiger partial charge in [0.15, 0.2) is 6.10 Å². The van der Waals surface area contributed by atoms with E-state index >= 15 is 0 Å². The molecule has 0 aromatic carbocycles. The predicted molar refractivity (Wildman–Crippen MR) is 312 cm³/mol. The Morgan fingerprint density at radius 2 is 0.403 bits per heavy atom. The fraction of sp³-hybridized carbons (Fsp3) is 0.955. The van der Waals surface area contributed by atoms with Crippen molar-refractivity contribution in [2.75, 3.05) is 13.2 Å². The lowest BCUT2D eigenvalue weighted by molar-refractivity contribution is -0.167. The van der Waals surface area contributed by atoms with Crippen LogP contribution in [0.2, 0.25) is 0 Å². The molecule has 0 aliphatic carbocycles. The van der Waals surface area contributed by atoms with E-state index in [9.17, 15) is 14.4 Å². The molecule has 0 aromatic heterocycles. The number of rotatable bonds is 59. The molecule has 6 nitrogen and oxygen atoms in total. The Morgan fingerprint density at radius 1 is 0.236 bits per heavy atom. The lowest BCUT2D eigenvalue weighted by Crippen LogP contribution is -2.30. The summed E-state index contributed by atoms with van der Waals surface area (Å²) in [6.07, 6.45) is 62.6. The maximum Gasteiger partial charge on any atom is 0.306 e. The summed E-state index contributed by atoms with van der Waals surface area (Å²) >= 11 is 0. The smallest absolute Gasteiger partial charge is 0.306 e. The highest BCUT2D eigenvalue weighted by molar-refractivity contribution is 5.71. The highest BCUT2D eigenvalue weighted by Crippen LogP contribution is 2.19. The molecule has 0 aromatic rings. The molecule has 72 heavy (non-hydrogen) atoms. The Kier molecular flexibility index (Phi) is 55.9. The van der Waals surface area contributed by atoms with E-state index in [0.29, 0.717) is 19.3 Å². The zero-order valence-corrected chi connectivity index (χ0v) is 49.7. The molecule has 0 fully saturated rings. The summed E-state index contributed by atoms with van der Waals surface area (Å²) in [5.41, 5.74) is 0. The van der Waals surface area contributed by atoms with Crippen LogP contribution in [0.15, 0.2) is 0 Å². The van der Waals surface area contributed by atoms with Gasteiger partial charge in [0.1, 0.15) is 13.2 Å². The van der Waals surface area contributed by atoms with Gasteiger partial charge in [0.25, 0.3) is 0 Å². The summed E-state index contributed by atoms with van der Waals surface area (Å²) in [6, 6.07) is 0. The zero-order valence-electron chi connectivity index (χ0n) is 49.7. The largest absolute Gasteiger partial charge is 0.462 e. The van der Waals surface area contributed by atoms with E-state index in [2.05, 4.69) is 41.5 Å². The van der Waals surface area contributed by atoms with Gasteiger partial charge < -0.3 is 14.2 Å². The van der Waals surface area contributed by atoms with E-state index in [1.54, 1.807) is 0 Å². The molecule has 428 valence electrons. The minimum absolute atomic E-state index is 0.0627. The number of unbranched alkanes of at least 4 members (excludes halogenated alkanes) is 42. The van der Waals surface area contributed by atoms with E-state index in [0.717, 1.165) is 75.5 Å². The summed E-state index contributed by atoms with van der Waals surface area (Å²) in [7, 11) is 0. The second-order valence-corrected chi connectivity index (χ2v) is 24.2. The fourth-order valence-electron chi connectivity index (χ4n) is 10.2. The predicted octanol–water partition coefficient (Wildman–Crippen LogP) is 21.8. The molecular weight excluding hydrogens is 889 g/mol. The molecule has 1 atom stereocenters. The number of esters is 3. The Morgan fingerprint density at radius 3 is 0.597 bits per heavy atom. The number of hydrogen-bond acceptors (Lipinski definition) is 6. The fourth-order valence-corrected chi connectivity index (χ4v) is 10.2.